The van der Waals surface area contributed by atoms with Crippen LogP contribution in [-0.4, -0.2) is 37.1 Å². The molecule has 4 nitrogen and oxygen atoms in total. The molecule has 0 aliphatic heterocycles. The van der Waals surface area contributed by atoms with Crippen molar-refractivity contribution in [3.8, 4) is 0 Å². The van der Waals surface area contributed by atoms with Crippen LogP contribution in [-0.2, 0) is 4.79 Å². The highest BCUT2D eigenvalue weighted by atomic mass is 19.3. The second-order valence-corrected chi connectivity index (χ2v) is 3.64. The van der Waals surface area contributed by atoms with Crippen molar-refractivity contribution in [1.29, 1.82) is 0 Å². The third-order valence-electron chi connectivity index (χ3n) is 2.45. The minimum Gasteiger partial charge on any atom is -0.395 e. The Morgan fingerprint density at radius 1 is 1.39 bits per heavy atom. The number of aliphatic hydroxyl groups excluding tert-OH is 1. The van der Waals surface area contributed by atoms with Crippen molar-refractivity contribution in [2.24, 2.45) is 0 Å². The Morgan fingerprint density at radius 2 is 2.00 bits per heavy atom. The topological polar surface area (TPSA) is 52.6 Å². The van der Waals surface area contributed by atoms with E-state index in [4.69, 9.17) is 5.11 Å². The number of nitrogens with one attached hydrogen (secondary N) is 1. The highest BCUT2D eigenvalue weighted by Crippen LogP contribution is 2.18. The van der Waals surface area contributed by atoms with Crippen LogP contribution in [0.4, 0.5) is 20.2 Å². The summed E-state index contributed by atoms with van der Waals surface area (Å²) in [7, 11) is 0. The Bertz CT molecular complexity index is 382. The van der Waals surface area contributed by atoms with Crippen molar-refractivity contribution in [1.82, 2.24) is 0 Å². The second-order valence-electron chi connectivity index (χ2n) is 3.64. The predicted molar refractivity (Wildman–Crippen MR) is 66.0 cm³/mol. The highest BCUT2D eigenvalue weighted by Gasteiger charge is 2.14. The van der Waals surface area contributed by atoms with Gasteiger partial charge >= 0.3 is 6.43 Å². The summed E-state index contributed by atoms with van der Waals surface area (Å²) in [6.07, 6.45) is -3.02. The van der Waals surface area contributed by atoms with E-state index in [0.29, 0.717) is 12.2 Å². The maximum atomic E-state index is 12.0. The summed E-state index contributed by atoms with van der Waals surface area (Å²) >= 11 is 0. The minimum atomic E-state index is -3.02. The number of nitrogens with zero attached hydrogens (tertiary/aromatic N) is 1. The Balaban J connectivity index is 2.70. The number of likely N-dealkylation sites (N-methyl/N-ethyl adjacent to an activating group) is 1. The molecule has 2 N–H and O–H groups in total. The van der Waals surface area contributed by atoms with Crippen LogP contribution < -0.4 is 10.2 Å². The van der Waals surface area contributed by atoms with Gasteiger partial charge in [0.2, 0.25) is 0 Å². The van der Waals surface area contributed by atoms with Crippen molar-refractivity contribution in [2.45, 2.75) is 13.3 Å². The van der Waals surface area contributed by atoms with Crippen molar-refractivity contribution in [3.05, 3.63) is 24.3 Å². The summed E-state index contributed by atoms with van der Waals surface area (Å²) in [4.78, 5) is 12.7. The van der Waals surface area contributed by atoms with Gasteiger partial charge in [0.15, 0.2) is 0 Å². The third-order valence-corrected chi connectivity index (χ3v) is 2.45. The third kappa shape index (κ3) is 3.96. The number of carbonyl (C=O) groups is 1. The molecular formula is C12H16F2N2O2. The molecule has 1 aromatic carbocycles. The van der Waals surface area contributed by atoms with Gasteiger partial charge in [-0.3, -0.25) is 4.79 Å². The summed E-state index contributed by atoms with van der Waals surface area (Å²) < 4.78 is 24.1. The summed E-state index contributed by atoms with van der Waals surface area (Å²) in [5.41, 5.74) is 1.19. The Kier molecular flexibility index (Phi) is 5.51. The van der Waals surface area contributed by atoms with Gasteiger partial charge in [-0.05, 0) is 31.2 Å². The van der Waals surface area contributed by atoms with E-state index in [9.17, 15) is 13.6 Å². The number of aliphatic hydroxyl groups is 1. The van der Waals surface area contributed by atoms with Gasteiger partial charge in [0.25, 0.3) is 5.91 Å². The SMILES string of the molecule is CCN(CCO)c1ccc(NC(=O)C(F)F)cc1. The second kappa shape index (κ2) is 6.90. The van der Waals surface area contributed by atoms with Crippen molar-refractivity contribution < 1.29 is 18.7 Å². The van der Waals surface area contributed by atoms with E-state index >= 15 is 0 Å². The van der Waals surface area contributed by atoms with Crippen LogP contribution in [0.1, 0.15) is 6.92 Å². The fraction of sp³-hybridized carbons (Fsp3) is 0.417. The molecule has 0 aliphatic carbocycles. The fourth-order valence-electron chi connectivity index (χ4n) is 1.54. The normalized spacial score (nSPS) is 10.5. The molecule has 0 spiro atoms. The maximum Gasteiger partial charge on any atom is 0.315 e. The monoisotopic (exact) mass is 258 g/mol. The molecule has 6 heteroatoms. The van der Waals surface area contributed by atoms with Crippen molar-refractivity contribution >= 4 is 17.3 Å². The number of hydrogen-bond donors (Lipinski definition) is 2. The molecule has 0 aromatic heterocycles. The van der Waals surface area contributed by atoms with Crippen LogP contribution in [0, 0.1) is 0 Å². The quantitative estimate of drug-likeness (QED) is 0.816. The average molecular weight is 258 g/mol. The number of rotatable bonds is 6. The zero-order chi connectivity index (χ0) is 13.5. The average Bonchev–Trinajstić information content (AvgIpc) is 2.37. The molecule has 18 heavy (non-hydrogen) atoms. The van der Waals surface area contributed by atoms with E-state index in [1.165, 1.54) is 0 Å². The number of alkyl halides is 2. The van der Waals surface area contributed by atoms with E-state index in [-0.39, 0.29) is 6.61 Å². The minimum absolute atomic E-state index is 0.0394. The lowest BCUT2D eigenvalue weighted by Crippen LogP contribution is -2.26. The van der Waals surface area contributed by atoms with E-state index in [1.54, 1.807) is 24.3 Å². The van der Waals surface area contributed by atoms with Gasteiger partial charge in [0.1, 0.15) is 0 Å². The fourth-order valence-corrected chi connectivity index (χ4v) is 1.54. The van der Waals surface area contributed by atoms with Crippen molar-refractivity contribution in [3.63, 3.8) is 0 Å². The first-order valence-electron chi connectivity index (χ1n) is 5.63. The largest absolute Gasteiger partial charge is 0.395 e. The van der Waals surface area contributed by atoms with E-state index in [0.717, 1.165) is 12.2 Å². The molecule has 0 unspecified atom stereocenters. The molecule has 100 valence electrons. The Hall–Kier alpha value is -1.69. The van der Waals surface area contributed by atoms with Gasteiger partial charge in [-0.2, -0.15) is 8.78 Å². The van der Waals surface area contributed by atoms with Crippen molar-refractivity contribution in [2.75, 3.05) is 29.9 Å². The molecule has 0 saturated carbocycles. The molecule has 0 heterocycles. The van der Waals surface area contributed by atoms with Gasteiger partial charge in [-0.25, -0.2) is 0 Å². The van der Waals surface area contributed by atoms with Gasteiger partial charge in [-0.15, -0.1) is 0 Å². The molecule has 0 atom stereocenters. The Morgan fingerprint density at radius 3 is 2.44 bits per heavy atom. The predicted octanol–water partition coefficient (Wildman–Crippen LogP) is 1.71. The van der Waals surface area contributed by atoms with Crippen LogP contribution in [0.3, 0.4) is 0 Å². The standard InChI is InChI=1S/C12H16F2N2O2/c1-2-16(7-8-17)10-5-3-9(4-6-10)15-12(18)11(13)14/h3-6,11,17H,2,7-8H2,1H3,(H,15,18). The summed E-state index contributed by atoms with van der Waals surface area (Å²) in [6.45, 7) is 3.21. The molecule has 0 aliphatic rings. The first-order valence-corrected chi connectivity index (χ1v) is 5.63. The molecular weight excluding hydrogens is 242 g/mol. The zero-order valence-electron chi connectivity index (χ0n) is 10.1. The van der Waals surface area contributed by atoms with Crippen LogP contribution in [0.2, 0.25) is 0 Å². The van der Waals surface area contributed by atoms with Crippen LogP contribution in [0.25, 0.3) is 0 Å². The number of hydrogen-bond acceptors (Lipinski definition) is 3. The van der Waals surface area contributed by atoms with Gasteiger partial charge < -0.3 is 15.3 Å². The number of halogens is 2. The van der Waals surface area contributed by atoms with Gasteiger partial charge in [0.05, 0.1) is 6.61 Å². The van der Waals surface area contributed by atoms with Crippen LogP contribution in [0.15, 0.2) is 24.3 Å². The number of amides is 1. The van der Waals surface area contributed by atoms with Crippen LogP contribution >= 0.6 is 0 Å². The number of anilines is 2. The zero-order valence-corrected chi connectivity index (χ0v) is 10.1. The number of carbonyl (C=O) groups excluding carboxylic acids is 1. The Labute approximate surface area is 104 Å². The first-order chi connectivity index (χ1) is 8.58. The lowest BCUT2D eigenvalue weighted by atomic mass is 10.2. The lowest BCUT2D eigenvalue weighted by molar-refractivity contribution is -0.126. The molecule has 0 fully saturated rings. The first kappa shape index (κ1) is 14.4. The molecule has 0 bridgehead atoms. The summed E-state index contributed by atoms with van der Waals surface area (Å²) in [5.74, 6) is -1.31. The maximum absolute atomic E-state index is 12.0. The summed E-state index contributed by atoms with van der Waals surface area (Å²) in [6, 6.07) is 6.52. The molecule has 1 amide bonds. The highest BCUT2D eigenvalue weighted by molar-refractivity contribution is 5.93. The number of benzene rings is 1. The van der Waals surface area contributed by atoms with Gasteiger partial charge in [0, 0.05) is 24.5 Å². The van der Waals surface area contributed by atoms with E-state index in [2.05, 4.69) is 5.32 Å². The molecule has 0 radical (unpaired) electrons. The van der Waals surface area contributed by atoms with E-state index in [1.807, 2.05) is 11.8 Å². The smallest absolute Gasteiger partial charge is 0.315 e. The van der Waals surface area contributed by atoms with E-state index < -0.39 is 12.3 Å². The van der Waals surface area contributed by atoms with Gasteiger partial charge in [-0.1, -0.05) is 0 Å². The molecule has 1 rings (SSSR count). The van der Waals surface area contributed by atoms with Crippen LogP contribution in [0.5, 0.6) is 0 Å². The molecule has 0 saturated heterocycles. The molecule has 1 aromatic rings. The lowest BCUT2D eigenvalue weighted by Gasteiger charge is -2.22. The summed E-state index contributed by atoms with van der Waals surface area (Å²) in [5, 5.41) is 11.0.